The van der Waals surface area contributed by atoms with Crippen molar-refractivity contribution in [1.29, 1.82) is 0 Å². The second kappa shape index (κ2) is 7.30. The van der Waals surface area contributed by atoms with Crippen molar-refractivity contribution in [3.8, 4) is 0 Å². The Bertz CT molecular complexity index is 1300. The van der Waals surface area contributed by atoms with Gasteiger partial charge in [-0.2, -0.15) is 13.2 Å². The first kappa shape index (κ1) is 22.5. The number of hydrogen-bond donors (Lipinski definition) is 0. The van der Waals surface area contributed by atoms with Gasteiger partial charge in [0.1, 0.15) is 5.54 Å². The molecule has 4 aliphatic rings. The fourth-order valence-electron chi connectivity index (χ4n) is 6.78. The third-order valence-corrected chi connectivity index (χ3v) is 8.30. The molecule has 1 spiro atoms. The fraction of sp³-hybridized carbons (Fsp3) is 0.400. The van der Waals surface area contributed by atoms with E-state index in [1.165, 1.54) is 6.07 Å². The maximum absolute atomic E-state index is 14.1. The number of anilines is 2. The van der Waals surface area contributed by atoms with Gasteiger partial charge in [-0.1, -0.05) is 29.8 Å². The quantitative estimate of drug-likeness (QED) is 0.576. The van der Waals surface area contributed by atoms with Crippen LogP contribution in [0.15, 0.2) is 42.5 Å². The van der Waals surface area contributed by atoms with Gasteiger partial charge in [0.05, 0.1) is 28.1 Å². The minimum absolute atomic E-state index is 0.183. The number of benzene rings is 2. The van der Waals surface area contributed by atoms with Gasteiger partial charge in [0.25, 0.3) is 5.91 Å². The molecule has 4 aliphatic heterocycles. The van der Waals surface area contributed by atoms with Crippen molar-refractivity contribution < 1.29 is 27.6 Å². The van der Waals surface area contributed by atoms with Crippen LogP contribution in [-0.2, 0) is 26.1 Å². The van der Waals surface area contributed by atoms with Crippen molar-refractivity contribution in [3.05, 3.63) is 58.6 Å². The highest BCUT2D eigenvalue weighted by Crippen LogP contribution is 2.61. The fourth-order valence-corrected chi connectivity index (χ4v) is 7.00. The second-order valence-corrected chi connectivity index (χ2v) is 9.82. The number of carbonyl (C=O) groups excluding carboxylic acids is 3. The minimum atomic E-state index is -4.75. The number of alkyl halides is 3. The molecule has 35 heavy (non-hydrogen) atoms. The number of halogens is 4. The topological polar surface area (TPSA) is 60.9 Å². The van der Waals surface area contributed by atoms with Crippen LogP contribution in [0.2, 0.25) is 5.02 Å². The molecule has 0 aromatic heterocycles. The maximum atomic E-state index is 14.1. The number of carbonyl (C=O) groups is 3. The first-order valence-electron chi connectivity index (χ1n) is 11.6. The van der Waals surface area contributed by atoms with Gasteiger partial charge in [-0.3, -0.25) is 19.3 Å². The number of likely N-dealkylation sites (N-methyl/N-ethyl adjacent to an activating group) is 1. The molecular formula is C25H21ClF3N3O3. The molecule has 10 heteroatoms. The van der Waals surface area contributed by atoms with E-state index in [9.17, 15) is 27.6 Å². The molecule has 182 valence electrons. The van der Waals surface area contributed by atoms with Gasteiger partial charge < -0.3 is 4.90 Å². The number of hydrogen-bond acceptors (Lipinski definition) is 4. The Kier molecular flexibility index (Phi) is 4.70. The second-order valence-electron chi connectivity index (χ2n) is 9.41. The van der Waals surface area contributed by atoms with Crippen LogP contribution in [0, 0.1) is 11.8 Å². The first-order chi connectivity index (χ1) is 16.6. The van der Waals surface area contributed by atoms with E-state index in [1.807, 2.05) is 30.0 Å². The van der Waals surface area contributed by atoms with E-state index in [2.05, 4.69) is 0 Å². The molecule has 0 aliphatic carbocycles. The zero-order chi connectivity index (χ0) is 24.9. The van der Waals surface area contributed by atoms with Gasteiger partial charge in [0.15, 0.2) is 0 Å². The molecule has 0 bridgehead atoms. The van der Waals surface area contributed by atoms with Gasteiger partial charge in [-0.05, 0) is 50.6 Å². The lowest BCUT2D eigenvalue weighted by Gasteiger charge is -2.37. The highest BCUT2D eigenvalue weighted by atomic mass is 35.5. The van der Waals surface area contributed by atoms with Gasteiger partial charge in [0, 0.05) is 23.8 Å². The van der Waals surface area contributed by atoms with Gasteiger partial charge in [-0.15, -0.1) is 0 Å². The molecule has 0 saturated carbocycles. The summed E-state index contributed by atoms with van der Waals surface area (Å²) in [5, 5.41) is -0.516. The average molecular weight is 504 g/mol. The monoisotopic (exact) mass is 503 g/mol. The van der Waals surface area contributed by atoms with Crippen molar-refractivity contribution in [1.82, 2.24) is 4.90 Å². The third-order valence-electron chi connectivity index (χ3n) is 7.97. The Hall–Kier alpha value is -2.91. The van der Waals surface area contributed by atoms with Crippen molar-refractivity contribution in [3.63, 3.8) is 0 Å². The Balaban J connectivity index is 1.53. The van der Waals surface area contributed by atoms with Crippen LogP contribution in [0.4, 0.5) is 24.5 Å². The number of amides is 3. The summed E-state index contributed by atoms with van der Waals surface area (Å²) in [6.45, 7) is 2.81. The Labute approximate surface area is 204 Å². The van der Waals surface area contributed by atoms with Crippen molar-refractivity contribution in [2.45, 2.75) is 37.5 Å². The lowest BCUT2D eigenvalue weighted by molar-refractivity contribution is -0.137. The molecule has 4 atom stereocenters. The molecule has 0 N–H and O–H groups in total. The van der Waals surface area contributed by atoms with Gasteiger partial charge in [0.2, 0.25) is 11.8 Å². The molecule has 2 aromatic carbocycles. The Morgan fingerprint density at radius 1 is 1.09 bits per heavy atom. The van der Waals surface area contributed by atoms with Crippen LogP contribution >= 0.6 is 11.6 Å². The molecule has 3 fully saturated rings. The van der Waals surface area contributed by atoms with Crippen LogP contribution in [0.5, 0.6) is 0 Å². The summed E-state index contributed by atoms with van der Waals surface area (Å²) in [5.74, 6) is -3.30. The molecule has 6 rings (SSSR count). The Morgan fingerprint density at radius 3 is 2.54 bits per heavy atom. The number of para-hydroxylation sites is 1. The predicted molar refractivity (Wildman–Crippen MR) is 122 cm³/mol. The van der Waals surface area contributed by atoms with Crippen molar-refractivity contribution >= 4 is 40.7 Å². The molecule has 6 nitrogen and oxygen atoms in total. The molecular weight excluding hydrogens is 483 g/mol. The number of fused-ring (bicyclic) bond motifs is 7. The van der Waals surface area contributed by atoms with E-state index in [4.69, 9.17) is 11.6 Å². The highest BCUT2D eigenvalue weighted by Gasteiger charge is 2.75. The van der Waals surface area contributed by atoms with E-state index < -0.39 is 46.0 Å². The summed E-state index contributed by atoms with van der Waals surface area (Å²) in [7, 11) is 0. The first-order valence-corrected chi connectivity index (χ1v) is 11.9. The van der Waals surface area contributed by atoms with Crippen LogP contribution in [0.3, 0.4) is 0 Å². The molecule has 4 heterocycles. The largest absolute Gasteiger partial charge is 0.417 e. The third kappa shape index (κ3) is 2.68. The lowest BCUT2D eigenvalue weighted by atomic mass is 9.75. The van der Waals surface area contributed by atoms with Crippen molar-refractivity contribution in [2.24, 2.45) is 11.8 Å². The van der Waals surface area contributed by atoms with Gasteiger partial charge >= 0.3 is 6.18 Å². The van der Waals surface area contributed by atoms with Gasteiger partial charge in [-0.25, -0.2) is 4.90 Å². The van der Waals surface area contributed by atoms with Crippen LogP contribution in [0.1, 0.15) is 30.9 Å². The van der Waals surface area contributed by atoms with E-state index in [0.29, 0.717) is 30.8 Å². The van der Waals surface area contributed by atoms with Crippen LogP contribution < -0.4 is 9.80 Å². The van der Waals surface area contributed by atoms with E-state index >= 15 is 0 Å². The molecule has 3 saturated heterocycles. The van der Waals surface area contributed by atoms with E-state index in [0.717, 1.165) is 23.5 Å². The molecule has 0 radical (unpaired) electrons. The summed E-state index contributed by atoms with van der Waals surface area (Å²) < 4.78 is 40.6. The molecule has 0 unspecified atom stereocenters. The SMILES string of the molecule is CCN1C(=O)[C@]2(c3ccccc31)[C@H]1C(=O)N(c3ccc(Cl)c(C(F)(F)F)c3)C(=O)[C@@H]1[C@H]1CCCN12. The smallest absolute Gasteiger partial charge is 0.310 e. The minimum Gasteiger partial charge on any atom is -0.310 e. The zero-order valence-electron chi connectivity index (χ0n) is 18.7. The summed E-state index contributed by atoms with van der Waals surface area (Å²) in [6.07, 6.45) is -3.36. The van der Waals surface area contributed by atoms with E-state index in [1.54, 1.807) is 11.0 Å². The standard InChI is InChI=1S/C25H21ClF3N3O3/c1-2-30-17-7-4-3-6-14(17)24(23(30)35)20-19(18-8-5-11-31(18)24)21(33)32(22(20)34)13-9-10-16(26)15(12-13)25(27,28)29/h3-4,6-7,9-10,12,18-20H,2,5,8,11H2,1H3/t18-,19-,20-,24+/m1/s1. The summed E-state index contributed by atoms with van der Waals surface area (Å²) >= 11 is 5.77. The molecule has 2 aromatic rings. The maximum Gasteiger partial charge on any atom is 0.417 e. The van der Waals surface area contributed by atoms with Crippen LogP contribution in [-0.4, -0.2) is 41.8 Å². The molecule has 3 amide bonds. The van der Waals surface area contributed by atoms with Crippen LogP contribution in [0.25, 0.3) is 0 Å². The van der Waals surface area contributed by atoms with Crippen molar-refractivity contribution in [2.75, 3.05) is 22.9 Å². The lowest BCUT2D eigenvalue weighted by Crippen LogP contribution is -2.56. The summed E-state index contributed by atoms with van der Waals surface area (Å²) in [4.78, 5) is 46.3. The normalized spacial score (nSPS) is 30.0. The zero-order valence-corrected chi connectivity index (χ0v) is 19.4. The highest BCUT2D eigenvalue weighted by molar-refractivity contribution is 6.32. The predicted octanol–water partition coefficient (Wildman–Crippen LogP) is 4.20. The Morgan fingerprint density at radius 2 is 1.83 bits per heavy atom. The number of imide groups is 1. The van der Waals surface area contributed by atoms with E-state index in [-0.39, 0.29) is 17.6 Å². The average Bonchev–Trinajstić information content (AvgIpc) is 3.51. The number of rotatable bonds is 2. The number of nitrogens with zero attached hydrogens (tertiary/aromatic N) is 3. The summed E-state index contributed by atoms with van der Waals surface area (Å²) in [5.41, 5.74) is -1.26. The summed E-state index contributed by atoms with van der Waals surface area (Å²) in [6, 6.07) is 9.96.